The van der Waals surface area contributed by atoms with E-state index in [2.05, 4.69) is 16.0 Å². The molecular formula is C23H34N4O7S. The third-order valence-corrected chi connectivity index (χ3v) is 5.76. The number of hydrogen-bond donors (Lipinski definition) is 6. The molecule has 11 nitrogen and oxygen atoms in total. The van der Waals surface area contributed by atoms with E-state index in [0.717, 1.165) is 5.56 Å². The second-order valence-electron chi connectivity index (χ2n) is 8.37. The van der Waals surface area contributed by atoms with Gasteiger partial charge in [0.1, 0.15) is 18.1 Å². The van der Waals surface area contributed by atoms with Crippen LogP contribution < -0.4 is 21.7 Å². The summed E-state index contributed by atoms with van der Waals surface area (Å²) in [6, 6.07) is 4.18. The number of thioether (sulfide) groups is 1. The average Bonchev–Trinajstić information content (AvgIpc) is 2.79. The first-order valence-electron chi connectivity index (χ1n) is 11.1. The van der Waals surface area contributed by atoms with Gasteiger partial charge in [-0.25, -0.2) is 4.79 Å². The lowest BCUT2D eigenvalue weighted by molar-refractivity contribution is -0.143. The third-order valence-electron chi connectivity index (χ3n) is 5.12. The number of rotatable bonds is 15. The van der Waals surface area contributed by atoms with E-state index in [4.69, 9.17) is 10.8 Å². The molecule has 0 fully saturated rings. The number of benzene rings is 1. The highest BCUT2D eigenvalue weighted by Crippen LogP contribution is 2.08. The molecule has 0 bridgehead atoms. The molecule has 35 heavy (non-hydrogen) atoms. The van der Waals surface area contributed by atoms with E-state index in [9.17, 15) is 29.1 Å². The molecule has 0 radical (unpaired) electrons. The standard InChI is InChI=1S/C23H34N4O7S/c1-13(2)19(23(33)34)27-22(32)17(11-14-7-5-4-6-8-14)26-21(31)16(9-10-35-3)25-20(30)15(24)12-18(28)29/h4-8,13,15-17,19H,9-12,24H2,1-3H3,(H,25,30)(H,26,31)(H,27,32)(H,28,29)(H,33,34). The van der Waals surface area contributed by atoms with Crippen molar-refractivity contribution in [3.63, 3.8) is 0 Å². The predicted octanol–water partition coefficient (Wildman–Crippen LogP) is -0.0208. The van der Waals surface area contributed by atoms with Gasteiger partial charge in [0.05, 0.1) is 12.5 Å². The Balaban J connectivity index is 3.09. The van der Waals surface area contributed by atoms with Gasteiger partial charge in [-0.2, -0.15) is 11.8 Å². The van der Waals surface area contributed by atoms with Crippen molar-refractivity contribution in [3.8, 4) is 0 Å². The molecule has 0 spiro atoms. The molecule has 194 valence electrons. The predicted molar refractivity (Wildman–Crippen MR) is 132 cm³/mol. The van der Waals surface area contributed by atoms with Gasteiger partial charge in [0.25, 0.3) is 0 Å². The van der Waals surface area contributed by atoms with E-state index in [-0.39, 0.29) is 12.8 Å². The summed E-state index contributed by atoms with van der Waals surface area (Å²) in [5, 5.41) is 25.9. The fraction of sp³-hybridized carbons (Fsp3) is 0.522. The van der Waals surface area contributed by atoms with Crippen molar-refractivity contribution >= 4 is 41.4 Å². The van der Waals surface area contributed by atoms with Gasteiger partial charge in [-0.15, -0.1) is 0 Å². The first-order chi connectivity index (χ1) is 16.5. The SMILES string of the molecule is CSCCC(NC(=O)C(N)CC(=O)O)C(=O)NC(Cc1ccccc1)C(=O)NC(C(=O)O)C(C)C. The van der Waals surface area contributed by atoms with Crippen molar-refractivity contribution in [2.45, 2.75) is 57.3 Å². The van der Waals surface area contributed by atoms with Gasteiger partial charge in [-0.3, -0.25) is 19.2 Å². The number of carbonyl (C=O) groups is 5. The van der Waals surface area contributed by atoms with Gasteiger partial charge >= 0.3 is 11.9 Å². The number of carboxylic acid groups (broad SMARTS) is 2. The zero-order valence-electron chi connectivity index (χ0n) is 20.0. The van der Waals surface area contributed by atoms with Crippen LogP contribution in [-0.2, 0) is 30.4 Å². The first kappa shape index (κ1) is 29.9. The van der Waals surface area contributed by atoms with E-state index >= 15 is 0 Å². The lowest BCUT2D eigenvalue weighted by Crippen LogP contribution is -2.58. The Morgan fingerprint density at radius 1 is 0.914 bits per heavy atom. The van der Waals surface area contributed by atoms with Crippen molar-refractivity contribution in [2.75, 3.05) is 12.0 Å². The second kappa shape index (κ2) is 15.0. The number of aliphatic carboxylic acids is 2. The molecule has 0 aliphatic heterocycles. The average molecular weight is 511 g/mol. The van der Waals surface area contributed by atoms with Crippen LogP contribution in [0.4, 0.5) is 0 Å². The summed E-state index contributed by atoms with van der Waals surface area (Å²) in [7, 11) is 0. The molecule has 0 aliphatic rings. The fourth-order valence-corrected chi connectivity index (χ4v) is 3.63. The van der Waals surface area contributed by atoms with Gasteiger partial charge in [-0.1, -0.05) is 44.2 Å². The van der Waals surface area contributed by atoms with Gasteiger partial charge in [-0.05, 0) is 29.9 Å². The molecule has 0 saturated heterocycles. The monoisotopic (exact) mass is 510 g/mol. The topological polar surface area (TPSA) is 188 Å². The van der Waals surface area contributed by atoms with Crippen LogP contribution in [0.3, 0.4) is 0 Å². The van der Waals surface area contributed by atoms with Crippen molar-refractivity contribution in [1.29, 1.82) is 0 Å². The Labute approximate surface area is 208 Å². The summed E-state index contributed by atoms with van der Waals surface area (Å²) in [5.41, 5.74) is 6.34. The first-order valence-corrected chi connectivity index (χ1v) is 12.5. The lowest BCUT2D eigenvalue weighted by atomic mass is 10.0. The summed E-state index contributed by atoms with van der Waals surface area (Å²) >= 11 is 1.43. The molecule has 1 rings (SSSR count). The minimum Gasteiger partial charge on any atom is -0.481 e. The molecule has 1 aromatic carbocycles. The minimum atomic E-state index is -1.34. The molecule has 3 amide bonds. The largest absolute Gasteiger partial charge is 0.481 e. The summed E-state index contributed by atoms with van der Waals surface area (Å²) in [4.78, 5) is 60.9. The Kier molecular flexibility index (Phi) is 12.8. The number of nitrogens with one attached hydrogen (secondary N) is 3. The van der Waals surface area contributed by atoms with Crippen LogP contribution >= 0.6 is 11.8 Å². The molecular weight excluding hydrogens is 476 g/mol. The van der Waals surface area contributed by atoms with E-state index in [1.807, 2.05) is 6.26 Å². The molecule has 4 atom stereocenters. The van der Waals surface area contributed by atoms with Crippen LogP contribution in [0.15, 0.2) is 30.3 Å². The number of carboxylic acids is 2. The normalized spacial score (nSPS) is 14.3. The van der Waals surface area contributed by atoms with Crippen LogP contribution in [0.1, 0.15) is 32.3 Å². The molecule has 1 aromatic rings. The Hall–Kier alpha value is -3.12. The maximum Gasteiger partial charge on any atom is 0.326 e. The summed E-state index contributed by atoms with van der Waals surface area (Å²) in [6.45, 7) is 3.30. The minimum absolute atomic E-state index is 0.0879. The van der Waals surface area contributed by atoms with Crippen molar-refractivity contribution in [3.05, 3.63) is 35.9 Å². The van der Waals surface area contributed by atoms with Crippen LogP contribution in [0.2, 0.25) is 0 Å². The fourth-order valence-electron chi connectivity index (χ4n) is 3.16. The van der Waals surface area contributed by atoms with Crippen LogP contribution in [0, 0.1) is 5.92 Å². The maximum absolute atomic E-state index is 13.1. The number of hydrogen-bond acceptors (Lipinski definition) is 7. The molecule has 4 unspecified atom stereocenters. The molecule has 0 saturated carbocycles. The lowest BCUT2D eigenvalue weighted by Gasteiger charge is -2.26. The van der Waals surface area contributed by atoms with Crippen molar-refractivity contribution in [2.24, 2.45) is 11.7 Å². The van der Waals surface area contributed by atoms with Gasteiger partial charge in [0, 0.05) is 6.42 Å². The van der Waals surface area contributed by atoms with Gasteiger partial charge in [0.15, 0.2) is 0 Å². The smallest absolute Gasteiger partial charge is 0.326 e. The zero-order chi connectivity index (χ0) is 26.5. The highest BCUT2D eigenvalue weighted by Gasteiger charge is 2.31. The summed E-state index contributed by atoms with van der Waals surface area (Å²) in [5.74, 6) is -4.50. The Morgan fingerprint density at radius 2 is 1.49 bits per heavy atom. The van der Waals surface area contributed by atoms with Crippen LogP contribution in [0.25, 0.3) is 0 Å². The number of carbonyl (C=O) groups excluding carboxylic acids is 3. The molecule has 0 heterocycles. The highest BCUT2D eigenvalue weighted by molar-refractivity contribution is 7.98. The summed E-state index contributed by atoms with van der Waals surface area (Å²) < 4.78 is 0. The number of nitrogens with two attached hydrogens (primary N) is 1. The highest BCUT2D eigenvalue weighted by atomic mass is 32.2. The second-order valence-corrected chi connectivity index (χ2v) is 9.35. The molecule has 0 aromatic heterocycles. The number of amides is 3. The molecule has 12 heteroatoms. The van der Waals surface area contributed by atoms with E-state index in [1.165, 1.54) is 11.8 Å². The summed E-state index contributed by atoms with van der Waals surface area (Å²) in [6.07, 6.45) is 1.51. The third kappa shape index (κ3) is 10.8. The zero-order valence-corrected chi connectivity index (χ0v) is 20.8. The van der Waals surface area contributed by atoms with Crippen LogP contribution in [0.5, 0.6) is 0 Å². The van der Waals surface area contributed by atoms with E-state index in [1.54, 1.807) is 44.2 Å². The van der Waals surface area contributed by atoms with Crippen molar-refractivity contribution in [1.82, 2.24) is 16.0 Å². The maximum atomic E-state index is 13.1. The van der Waals surface area contributed by atoms with Gasteiger partial charge < -0.3 is 31.9 Å². The molecule has 0 aliphatic carbocycles. The van der Waals surface area contributed by atoms with E-state index < -0.39 is 66.2 Å². The van der Waals surface area contributed by atoms with Crippen LogP contribution in [-0.4, -0.2) is 76.0 Å². The molecule has 7 N–H and O–H groups in total. The van der Waals surface area contributed by atoms with E-state index in [0.29, 0.717) is 5.75 Å². The van der Waals surface area contributed by atoms with Gasteiger partial charge in [0.2, 0.25) is 17.7 Å². The quantitative estimate of drug-likeness (QED) is 0.188. The Morgan fingerprint density at radius 3 is 2.00 bits per heavy atom. The Bertz CT molecular complexity index is 882. The van der Waals surface area contributed by atoms with Crippen molar-refractivity contribution < 1.29 is 34.2 Å².